The first-order chi connectivity index (χ1) is 8.63. The molecule has 1 saturated heterocycles. The molecule has 1 aromatic rings. The summed E-state index contributed by atoms with van der Waals surface area (Å²) in [6, 6.07) is 5.54. The molecule has 1 heterocycles. The Morgan fingerprint density at radius 1 is 1.39 bits per heavy atom. The first-order valence-corrected chi connectivity index (χ1v) is 5.98. The van der Waals surface area contributed by atoms with Crippen molar-refractivity contribution in [3.8, 4) is 0 Å². The largest absolute Gasteiger partial charge is 0.344 e. The molecule has 5 heteroatoms. The van der Waals surface area contributed by atoms with E-state index in [1.165, 1.54) is 11.0 Å². The van der Waals surface area contributed by atoms with Gasteiger partial charge in [0.2, 0.25) is 11.8 Å². The molecule has 1 fully saturated rings. The molecule has 1 N–H and O–H groups in total. The number of nitrogens with zero attached hydrogens (tertiary/aromatic N) is 1. The fourth-order valence-electron chi connectivity index (χ4n) is 2.03. The Morgan fingerprint density at radius 3 is 2.78 bits per heavy atom. The summed E-state index contributed by atoms with van der Waals surface area (Å²) in [6.07, 6.45) is 0.687. The second-order valence-electron chi connectivity index (χ2n) is 4.22. The summed E-state index contributed by atoms with van der Waals surface area (Å²) >= 11 is 0. The highest BCUT2D eigenvalue weighted by Gasteiger charge is 2.30. The van der Waals surface area contributed by atoms with Crippen LogP contribution in [0.4, 0.5) is 10.1 Å². The predicted molar refractivity (Wildman–Crippen MR) is 65.6 cm³/mol. The van der Waals surface area contributed by atoms with Gasteiger partial charge in [-0.2, -0.15) is 0 Å². The molecule has 1 aromatic carbocycles. The van der Waals surface area contributed by atoms with Crippen LogP contribution in [0.2, 0.25) is 0 Å². The lowest BCUT2D eigenvalue weighted by Gasteiger charge is -2.23. The van der Waals surface area contributed by atoms with Crippen LogP contribution in [-0.4, -0.2) is 24.4 Å². The van der Waals surface area contributed by atoms with E-state index in [1.807, 2.05) is 6.92 Å². The first-order valence-electron chi connectivity index (χ1n) is 5.98. The molecular weight excluding hydrogens is 235 g/mol. The predicted octanol–water partition coefficient (Wildman–Crippen LogP) is 1.46. The highest BCUT2D eigenvalue weighted by atomic mass is 19.1. The molecule has 1 aliphatic heterocycles. The number of hydrogen-bond donors (Lipinski definition) is 1. The molecule has 2 rings (SSSR count). The lowest BCUT2D eigenvalue weighted by atomic mass is 10.2. The minimum Gasteiger partial charge on any atom is -0.344 e. The Morgan fingerprint density at radius 2 is 2.11 bits per heavy atom. The van der Waals surface area contributed by atoms with Gasteiger partial charge in [-0.15, -0.1) is 0 Å². The number of para-hydroxylation sites is 1. The van der Waals surface area contributed by atoms with E-state index in [0.717, 1.165) is 0 Å². The maximum absolute atomic E-state index is 13.7. The van der Waals surface area contributed by atoms with Gasteiger partial charge >= 0.3 is 0 Å². The van der Waals surface area contributed by atoms with Gasteiger partial charge in [0, 0.05) is 13.0 Å². The smallest absolute Gasteiger partial charge is 0.249 e. The SMILES string of the molecule is CCC1NC(=O)CCN(c2ccccc2F)C1=O. The highest BCUT2D eigenvalue weighted by Crippen LogP contribution is 2.21. The molecule has 0 aliphatic carbocycles. The third-order valence-electron chi connectivity index (χ3n) is 3.01. The maximum atomic E-state index is 13.7. The van der Waals surface area contributed by atoms with Crippen LogP contribution in [0.5, 0.6) is 0 Å². The zero-order valence-electron chi connectivity index (χ0n) is 10.1. The van der Waals surface area contributed by atoms with Crippen LogP contribution < -0.4 is 10.2 Å². The van der Waals surface area contributed by atoms with Crippen LogP contribution in [0.1, 0.15) is 19.8 Å². The third-order valence-corrected chi connectivity index (χ3v) is 3.01. The number of hydrogen-bond acceptors (Lipinski definition) is 2. The molecule has 0 aromatic heterocycles. The topological polar surface area (TPSA) is 49.4 Å². The van der Waals surface area contributed by atoms with Gasteiger partial charge in [0.1, 0.15) is 11.9 Å². The molecule has 1 aliphatic rings. The molecule has 18 heavy (non-hydrogen) atoms. The lowest BCUT2D eigenvalue weighted by molar-refractivity contribution is -0.125. The molecule has 96 valence electrons. The van der Waals surface area contributed by atoms with E-state index in [4.69, 9.17) is 0 Å². The standard InChI is InChI=1S/C13H15FN2O2/c1-2-10-13(18)16(8-7-12(17)15-10)11-6-4-3-5-9(11)14/h3-6,10H,2,7-8H2,1H3,(H,15,17). The van der Waals surface area contributed by atoms with Gasteiger partial charge in [0.25, 0.3) is 0 Å². The van der Waals surface area contributed by atoms with Gasteiger partial charge in [-0.3, -0.25) is 9.59 Å². The van der Waals surface area contributed by atoms with Gasteiger partial charge in [-0.05, 0) is 18.6 Å². The minimum atomic E-state index is -0.570. The number of nitrogens with one attached hydrogen (secondary N) is 1. The van der Waals surface area contributed by atoms with E-state index < -0.39 is 11.9 Å². The number of carbonyl (C=O) groups excluding carboxylic acids is 2. The molecule has 1 unspecified atom stereocenters. The van der Waals surface area contributed by atoms with Crippen molar-refractivity contribution in [1.82, 2.24) is 5.32 Å². The third kappa shape index (κ3) is 2.34. The number of carbonyl (C=O) groups is 2. The summed E-state index contributed by atoms with van der Waals surface area (Å²) in [4.78, 5) is 25.0. The zero-order valence-corrected chi connectivity index (χ0v) is 10.1. The second kappa shape index (κ2) is 5.16. The average Bonchev–Trinajstić information content (AvgIpc) is 2.50. The van der Waals surface area contributed by atoms with Crippen LogP contribution >= 0.6 is 0 Å². The van der Waals surface area contributed by atoms with E-state index in [2.05, 4.69) is 5.32 Å². The van der Waals surface area contributed by atoms with Crippen molar-refractivity contribution in [2.75, 3.05) is 11.4 Å². The van der Waals surface area contributed by atoms with Crippen LogP contribution in [0, 0.1) is 5.82 Å². The Balaban J connectivity index is 2.34. The van der Waals surface area contributed by atoms with Crippen molar-refractivity contribution in [2.24, 2.45) is 0 Å². The summed E-state index contributed by atoms with van der Waals surface area (Å²) in [7, 11) is 0. The fourth-order valence-corrected chi connectivity index (χ4v) is 2.03. The summed E-state index contributed by atoms with van der Waals surface area (Å²) in [5.74, 6) is -0.877. The van der Waals surface area contributed by atoms with Crippen LogP contribution in [-0.2, 0) is 9.59 Å². The molecule has 2 amide bonds. The Hall–Kier alpha value is -1.91. The van der Waals surface area contributed by atoms with Gasteiger partial charge in [-0.25, -0.2) is 4.39 Å². The van der Waals surface area contributed by atoms with E-state index in [1.54, 1.807) is 18.2 Å². The van der Waals surface area contributed by atoms with Crippen molar-refractivity contribution < 1.29 is 14.0 Å². The summed E-state index contributed by atoms with van der Waals surface area (Å²) in [6.45, 7) is 2.02. The highest BCUT2D eigenvalue weighted by molar-refractivity contribution is 6.01. The quantitative estimate of drug-likeness (QED) is 0.863. The molecule has 1 atom stereocenters. The minimum absolute atomic E-state index is 0.172. The normalized spacial score (nSPS) is 20.6. The summed E-state index contributed by atoms with van der Waals surface area (Å²) in [5.41, 5.74) is 0.234. The molecule has 0 radical (unpaired) electrons. The lowest BCUT2D eigenvalue weighted by Crippen LogP contribution is -2.44. The van der Waals surface area contributed by atoms with Crippen molar-refractivity contribution in [2.45, 2.75) is 25.8 Å². The Kier molecular flexibility index (Phi) is 3.60. The molecule has 4 nitrogen and oxygen atoms in total. The van der Waals surface area contributed by atoms with Gasteiger partial charge in [0.05, 0.1) is 5.69 Å². The summed E-state index contributed by atoms with van der Waals surface area (Å²) < 4.78 is 13.7. The average molecular weight is 250 g/mol. The van der Waals surface area contributed by atoms with Crippen molar-refractivity contribution in [3.63, 3.8) is 0 Å². The fraction of sp³-hybridized carbons (Fsp3) is 0.385. The number of benzene rings is 1. The number of amides is 2. The number of rotatable bonds is 2. The molecular formula is C13H15FN2O2. The van der Waals surface area contributed by atoms with Crippen molar-refractivity contribution >= 4 is 17.5 Å². The van der Waals surface area contributed by atoms with Crippen LogP contribution in [0.25, 0.3) is 0 Å². The van der Waals surface area contributed by atoms with E-state index in [0.29, 0.717) is 6.42 Å². The van der Waals surface area contributed by atoms with E-state index in [-0.39, 0.29) is 30.5 Å². The maximum Gasteiger partial charge on any atom is 0.249 e. The van der Waals surface area contributed by atoms with Gasteiger partial charge in [0.15, 0.2) is 0 Å². The second-order valence-corrected chi connectivity index (χ2v) is 4.22. The Bertz CT molecular complexity index is 476. The van der Waals surface area contributed by atoms with Crippen LogP contribution in [0.15, 0.2) is 24.3 Å². The van der Waals surface area contributed by atoms with E-state index >= 15 is 0 Å². The van der Waals surface area contributed by atoms with Crippen molar-refractivity contribution in [3.05, 3.63) is 30.1 Å². The first kappa shape index (κ1) is 12.5. The van der Waals surface area contributed by atoms with Gasteiger partial charge in [-0.1, -0.05) is 19.1 Å². The Labute approximate surface area is 105 Å². The zero-order chi connectivity index (χ0) is 13.1. The summed E-state index contributed by atoms with van der Waals surface area (Å²) in [5, 5.41) is 2.64. The molecule has 0 bridgehead atoms. The number of halogens is 1. The van der Waals surface area contributed by atoms with Crippen molar-refractivity contribution in [1.29, 1.82) is 0 Å². The number of anilines is 1. The van der Waals surface area contributed by atoms with Crippen LogP contribution in [0.3, 0.4) is 0 Å². The molecule has 0 spiro atoms. The van der Waals surface area contributed by atoms with E-state index in [9.17, 15) is 14.0 Å². The molecule has 0 saturated carbocycles. The van der Waals surface area contributed by atoms with Gasteiger partial charge < -0.3 is 10.2 Å². The monoisotopic (exact) mass is 250 g/mol.